The fourth-order valence-corrected chi connectivity index (χ4v) is 2.59. The van der Waals surface area contributed by atoms with Gasteiger partial charge in [0.25, 0.3) is 0 Å². The predicted octanol–water partition coefficient (Wildman–Crippen LogP) is 3.10. The summed E-state index contributed by atoms with van der Waals surface area (Å²) in [4.78, 5) is 11.7. The van der Waals surface area contributed by atoms with Crippen LogP contribution < -0.4 is 5.32 Å². The van der Waals surface area contributed by atoms with Crippen molar-refractivity contribution >= 4 is 11.6 Å². The van der Waals surface area contributed by atoms with Crippen molar-refractivity contribution in [1.82, 2.24) is 0 Å². The number of carbonyl (C=O) groups is 1. The van der Waals surface area contributed by atoms with Crippen molar-refractivity contribution in [2.75, 3.05) is 5.32 Å². The number of rotatable bonds is 2. The molecule has 1 aliphatic rings. The molecule has 108 valence electrons. The van der Waals surface area contributed by atoms with E-state index in [-0.39, 0.29) is 17.0 Å². The normalized spacial score (nSPS) is 18.3. The monoisotopic (exact) mass is 289 g/mol. The van der Waals surface area contributed by atoms with E-state index in [1.54, 1.807) is 13.0 Å². The van der Waals surface area contributed by atoms with E-state index in [2.05, 4.69) is 5.32 Å². The second kappa shape index (κ2) is 4.93. The van der Waals surface area contributed by atoms with E-state index in [0.29, 0.717) is 11.3 Å². The van der Waals surface area contributed by atoms with Gasteiger partial charge in [0.2, 0.25) is 5.91 Å². The summed E-state index contributed by atoms with van der Waals surface area (Å²) < 4.78 is 27.5. The molecule has 0 bridgehead atoms. The van der Waals surface area contributed by atoms with Crippen molar-refractivity contribution in [1.29, 1.82) is 0 Å². The highest BCUT2D eigenvalue weighted by Gasteiger charge is 2.32. The number of carbonyl (C=O) groups excluding carboxylic acids is 1. The van der Waals surface area contributed by atoms with Crippen LogP contribution in [0.5, 0.6) is 0 Å². The Hall–Kier alpha value is -2.27. The summed E-state index contributed by atoms with van der Waals surface area (Å²) in [6.07, 6.45) is -1.35. The highest BCUT2D eigenvalue weighted by molar-refractivity contribution is 6.03. The zero-order chi connectivity index (χ0) is 15.1. The van der Waals surface area contributed by atoms with Crippen LogP contribution in [0.15, 0.2) is 36.4 Å². The molecule has 21 heavy (non-hydrogen) atoms. The first-order valence-corrected chi connectivity index (χ1v) is 6.55. The lowest BCUT2D eigenvalue weighted by Gasteiger charge is -2.16. The van der Waals surface area contributed by atoms with Gasteiger partial charge in [0.05, 0.1) is 11.6 Å². The number of hydrogen-bond donors (Lipinski definition) is 2. The van der Waals surface area contributed by atoms with Crippen molar-refractivity contribution in [3.8, 4) is 0 Å². The number of hydrogen-bond acceptors (Lipinski definition) is 2. The number of amides is 1. The first-order chi connectivity index (χ1) is 9.99. The first kappa shape index (κ1) is 13.7. The Morgan fingerprint density at radius 3 is 2.62 bits per heavy atom. The minimum atomic E-state index is -1.35. The molecule has 1 amide bonds. The Morgan fingerprint density at radius 2 is 1.90 bits per heavy atom. The molecular weight excluding hydrogens is 276 g/mol. The van der Waals surface area contributed by atoms with Crippen LogP contribution in [0.1, 0.15) is 35.6 Å². The number of anilines is 1. The summed E-state index contributed by atoms with van der Waals surface area (Å²) >= 11 is 0. The lowest BCUT2D eigenvalue weighted by atomic mass is 9.94. The summed E-state index contributed by atoms with van der Waals surface area (Å²) in [5.74, 6) is -1.91. The van der Waals surface area contributed by atoms with Gasteiger partial charge in [-0.05, 0) is 30.7 Å². The number of halogens is 2. The smallest absolute Gasteiger partial charge is 0.231 e. The minimum Gasteiger partial charge on any atom is -0.383 e. The van der Waals surface area contributed by atoms with Gasteiger partial charge >= 0.3 is 0 Å². The Bertz CT molecular complexity index is 730. The molecule has 3 rings (SSSR count). The molecule has 0 fully saturated rings. The zero-order valence-corrected chi connectivity index (χ0v) is 11.2. The molecule has 2 N–H and O–H groups in total. The lowest BCUT2D eigenvalue weighted by Crippen LogP contribution is -2.10. The molecule has 3 nitrogen and oxygen atoms in total. The van der Waals surface area contributed by atoms with E-state index in [1.165, 1.54) is 24.3 Å². The van der Waals surface area contributed by atoms with E-state index in [4.69, 9.17) is 0 Å². The van der Waals surface area contributed by atoms with Crippen molar-refractivity contribution in [3.05, 3.63) is 64.7 Å². The maximum atomic E-state index is 13.8. The Balaban J connectivity index is 2.14. The van der Waals surface area contributed by atoms with Crippen molar-refractivity contribution in [2.24, 2.45) is 0 Å². The van der Waals surface area contributed by atoms with Crippen LogP contribution in [0, 0.1) is 11.6 Å². The van der Waals surface area contributed by atoms with Gasteiger partial charge in [0, 0.05) is 11.1 Å². The second-order valence-electron chi connectivity index (χ2n) is 5.09. The Kier molecular flexibility index (Phi) is 3.22. The van der Waals surface area contributed by atoms with Crippen LogP contribution in [-0.4, -0.2) is 11.0 Å². The molecule has 2 aromatic carbocycles. The fraction of sp³-hybridized carbons (Fsp3) is 0.188. The topological polar surface area (TPSA) is 49.3 Å². The van der Waals surface area contributed by atoms with E-state index < -0.39 is 23.7 Å². The van der Waals surface area contributed by atoms with Gasteiger partial charge in [0.1, 0.15) is 17.7 Å². The summed E-state index contributed by atoms with van der Waals surface area (Å²) in [7, 11) is 0. The Morgan fingerprint density at radius 1 is 1.19 bits per heavy atom. The zero-order valence-electron chi connectivity index (χ0n) is 11.2. The van der Waals surface area contributed by atoms with Crippen molar-refractivity contribution < 1.29 is 18.7 Å². The summed E-state index contributed by atoms with van der Waals surface area (Å²) in [5.41, 5.74) is 1.04. The third-order valence-corrected chi connectivity index (χ3v) is 3.77. The molecule has 2 atom stereocenters. The van der Waals surface area contributed by atoms with Crippen molar-refractivity contribution in [3.63, 3.8) is 0 Å². The van der Waals surface area contributed by atoms with E-state index in [0.717, 1.165) is 6.07 Å². The van der Waals surface area contributed by atoms with Crippen LogP contribution in [0.2, 0.25) is 0 Å². The number of aliphatic hydroxyl groups is 1. The average molecular weight is 289 g/mol. The SMILES string of the molecule is CC1C(=O)Nc2c1cc(F)cc2C(O)c1ccccc1F. The molecule has 1 aliphatic heterocycles. The fourth-order valence-electron chi connectivity index (χ4n) is 2.59. The maximum absolute atomic E-state index is 13.8. The highest BCUT2D eigenvalue weighted by atomic mass is 19.1. The Labute approximate surface area is 120 Å². The van der Waals surface area contributed by atoms with Crippen LogP contribution in [0.3, 0.4) is 0 Å². The van der Waals surface area contributed by atoms with Gasteiger partial charge in [-0.2, -0.15) is 0 Å². The van der Waals surface area contributed by atoms with Crippen LogP contribution in [0.4, 0.5) is 14.5 Å². The van der Waals surface area contributed by atoms with Gasteiger partial charge in [0.15, 0.2) is 0 Å². The van der Waals surface area contributed by atoms with Gasteiger partial charge in [-0.15, -0.1) is 0 Å². The standard InChI is InChI=1S/C16H13F2NO2/c1-8-11-6-9(17)7-12(14(11)19-16(8)21)15(20)10-4-2-3-5-13(10)18/h2-8,15,20H,1H3,(H,19,21). The number of benzene rings is 2. The number of fused-ring (bicyclic) bond motifs is 1. The predicted molar refractivity (Wildman–Crippen MR) is 73.9 cm³/mol. The molecule has 0 aliphatic carbocycles. The van der Waals surface area contributed by atoms with Crippen molar-refractivity contribution in [2.45, 2.75) is 18.9 Å². The van der Waals surface area contributed by atoms with E-state index in [9.17, 15) is 18.7 Å². The first-order valence-electron chi connectivity index (χ1n) is 6.55. The molecule has 2 unspecified atom stereocenters. The molecule has 5 heteroatoms. The number of nitrogens with one attached hydrogen (secondary N) is 1. The van der Waals surface area contributed by atoms with Gasteiger partial charge in [-0.25, -0.2) is 8.78 Å². The molecule has 0 saturated heterocycles. The minimum absolute atomic E-state index is 0.0408. The summed E-state index contributed by atoms with van der Waals surface area (Å²) in [6.45, 7) is 1.65. The average Bonchev–Trinajstić information content (AvgIpc) is 2.74. The lowest BCUT2D eigenvalue weighted by molar-refractivity contribution is -0.116. The quantitative estimate of drug-likeness (QED) is 0.892. The van der Waals surface area contributed by atoms with E-state index >= 15 is 0 Å². The van der Waals surface area contributed by atoms with Crippen LogP contribution >= 0.6 is 0 Å². The molecule has 0 spiro atoms. The second-order valence-corrected chi connectivity index (χ2v) is 5.09. The molecule has 0 radical (unpaired) electrons. The largest absolute Gasteiger partial charge is 0.383 e. The molecule has 0 aromatic heterocycles. The third-order valence-electron chi connectivity index (χ3n) is 3.77. The molecular formula is C16H13F2NO2. The van der Waals surface area contributed by atoms with Crippen LogP contribution in [0.25, 0.3) is 0 Å². The maximum Gasteiger partial charge on any atom is 0.231 e. The van der Waals surface area contributed by atoms with Crippen LogP contribution in [-0.2, 0) is 4.79 Å². The van der Waals surface area contributed by atoms with E-state index in [1.807, 2.05) is 0 Å². The molecule has 2 aromatic rings. The molecule has 1 heterocycles. The van der Waals surface area contributed by atoms with Gasteiger partial charge in [-0.3, -0.25) is 4.79 Å². The highest BCUT2D eigenvalue weighted by Crippen LogP contribution is 2.40. The third kappa shape index (κ3) is 2.19. The van der Waals surface area contributed by atoms with Gasteiger partial charge < -0.3 is 10.4 Å². The van der Waals surface area contributed by atoms with Gasteiger partial charge in [-0.1, -0.05) is 18.2 Å². The molecule has 0 saturated carbocycles. The number of aliphatic hydroxyl groups excluding tert-OH is 1. The summed E-state index contributed by atoms with van der Waals surface area (Å²) in [5, 5.41) is 13.0. The summed E-state index contributed by atoms with van der Waals surface area (Å²) in [6, 6.07) is 8.12.